The first-order chi connectivity index (χ1) is 12.3. The topological polar surface area (TPSA) is 65.0 Å². The lowest BCUT2D eigenvalue weighted by Gasteiger charge is -2.19. The number of benzene rings is 1. The highest BCUT2D eigenvalue weighted by Gasteiger charge is 2.17. The number of nitrogens with zero attached hydrogens (tertiary/aromatic N) is 3. The molecule has 0 fully saturated rings. The Kier molecular flexibility index (Phi) is 4.75. The summed E-state index contributed by atoms with van der Waals surface area (Å²) >= 11 is 0. The summed E-state index contributed by atoms with van der Waals surface area (Å²) in [5, 5.41) is 0. The van der Waals surface area contributed by atoms with Crippen molar-refractivity contribution in [3.8, 4) is 22.5 Å². The molecular formula is C20H18FN3O2. The Labute approximate surface area is 150 Å². The van der Waals surface area contributed by atoms with Crippen molar-refractivity contribution in [2.24, 2.45) is 0 Å². The van der Waals surface area contributed by atoms with Crippen LogP contribution >= 0.6 is 0 Å². The molecule has 0 saturated heterocycles. The van der Waals surface area contributed by atoms with E-state index in [-0.39, 0.29) is 5.97 Å². The van der Waals surface area contributed by atoms with Gasteiger partial charge in [0.25, 0.3) is 0 Å². The molecule has 6 heteroatoms. The van der Waals surface area contributed by atoms with E-state index in [9.17, 15) is 9.18 Å². The number of carbonyl (C=O) groups is 1. The van der Waals surface area contributed by atoms with Crippen LogP contribution in [-0.2, 0) is 4.74 Å². The van der Waals surface area contributed by atoms with Gasteiger partial charge in [0.15, 0.2) is 0 Å². The second kappa shape index (κ2) is 7.00. The number of hydrogen-bond donors (Lipinski definition) is 0. The summed E-state index contributed by atoms with van der Waals surface area (Å²) in [6, 6.07) is 8.27. The zero-order chi connectivity index (χ0) is 18.7. The maximum Gasteiger partial charge on any atom is 0.338 e. The van der Waals surface area contributed by atoms with Crippen LogP contribution in [0.4, 0.5) is 4.39 Å². The first-order valence-corrected chi connectivity index (χ1v) is 8.08. The molecule has 0 saturated carbocycles. The van der Waals surface area contributed by atoms with E-state index in [0.29, 0.717) is 22.5 Å². The van der Waals surface area contributed by atoms with Crippen LogP contribution in [-0.4, -0.2) is 26.5 Å². The number of hydrogen-bond acceptors (Lipinski definition) is 5. The van der Waals surface area contributed by atoms with E-state index < -0.39 is 11.4 Å². The van der Waals surface area contributed by atoms with E-state index in [0.717, 1.165) is 11.8 Å². The van der Waals surface area contributed by atoms with Crippen molar-refractivity contribution in [2.45, 2.75) is 26.4 Å². The predicted molar refractivity (Wildman–Crippen MR) is 95.8 cm³/mol. The van der Waals surface area contributed by atoms with Crippen LogP contribution in [0.15, 0.2) is 55.1 Å². The minimum absolute atomic E-state index is 0.380. The van der Waals surface area contributed by atoms with Gasteiger partial charge in [0.2, 0.25) is 0 Å². The van der Waals surface area contributed by atoms with Gasteiger partial charge in [0.05, 0.1) is 35.5 Å². The lowest BCUT2D eigenvalue weighted by atomic mass is 10.1. The molecule has 5 nitrogen and oxygen atoms in total. The Morgan fingerprint density at radius 2 is 1.54 bits per heavy atom. The second-order valence-electron chi connectivity index (χ2n) is 6.76. The van der Waals surface area contributed by atoms with Crippen LogP contribution in [0.1, 0.15) is 31.1 Å². The van der Waals surface area contributed by atoms with E-state index >= 15 is 0 Å². The SMILES string of the molecule is CC(C)(C)OC(=O)c1ccc(-c2cncc(-c3cncc(F)c3)n2)cc1. The Morgan fingerprint density at radius 3 is 2.15 bits per heavy atom. The summed E-state index contributed by atoms with van der Waals surface area (Å²) in [5.74, 6) is -0.814. The number of rotatable bonds is 3. The van der Waals surface area contributed by atoms with Crippen molar-refractivity contribution in [3.63, 3.8) is 0 Å². The van der Waals surface area contributed by atoms with Gasteiger partial charge >= 0.3 is 5.97 Å². The van der Waals surface area contributed by atoms with E-state index in [4.69, 9.17) is 4.74 Å². The summed E-state index contributed by atoms with van der Waals surface area (Å²) < 4.78 is 18.7. The lowest BCUT2D eigenvalue weighted by Crippen LogP contribution is -2.23. The van der Waals surface area contributed by atoms with Gasteiger partial charge in [0, 0.05) is 17.3 Å². The first kappa shape index (κ1) is 17.7. The fourth-order valence-corrected chi connectivity index (χ4v) is 2.31. The standard InChI is InChI=1S/C20H18FN3O2/c1-20(2,3)26-19(25)14-6-4-13(5-7-14)17-11-23-12-18(24-17)15-8-16(21)10-22-9-15/h4-12H,1-3H3. The Balaban J connectivity index is 1.86. The zero-order valence-electron chi connectivity index (χ0n) is 14.7. The summed E-state index contributed by atoms with van der Waals surface area (Å²) in [7, 11) is 0. The third-order valence-electron chi connectivity index (χ3n) is 3.45. The smallest absolute Gasteiger partial charge is 0.338 e. The molecule has 0 aliphatic rings. The molecular weight excluding hydrogens is 333 g/mol. The molecule has 0 atom stereocenters. The molecule has 0 N–H and O–H groups in total. The average Bonchev–Trinajstić information content (AvgIpc) is 2.60. The Morgan fingerprint density at radius 1 is 0.923 bits per heavy atom. The third-order valence-corrected chi connectivity index (χ3v) is 3.45. The van der Waals surface area contributed by atoms with Crippen molar-refractivity contribution in [3.05, 3.63) is 66.5 Å². The van der Waals surface area contributed by atoms with Gasteiger partial charge in [-0.05, 0) is 39.0 Å². The molecule has 1 aromatic carbocycles. The predicted octanol–water partition coefficient (Wildman–Crippen LogP) is 4.30. The molecule has 0 aliphatic heterocycles. The van der Waals surface area contributed by atoms with Gasteiger partial charge in [-0.15, -0.1) is 0 Å². The molecule has 132 valence electrons. The van der Waals surface area contributed by atoms with E-state index in [1.54, 1.807) is 36.7 Å². The fourth-order valence-electron chi connectivity index (χ4n) is 2.31. The molecule has 2 aromatic heterocycles. The molecule has 0 aliphatic carbocycles. The largest absolute Gasteiger partial charge is 0.456 e. The lowest BCUT2D eigenvalue weighted by molar-refractivity contribution is 0.00695. The Bertz CT molecular complexity index is 934. The Hall–Kier alpha value is -3.15. The van der Waals surface area contributed by atoms with Crippen LogP contribution in [0.2, 0.25) is 0 Å². The fraction of sp³-hybridized carbons (Fsp3) is 0.200. The van der Waals surface area contributed by atoms with Gasteiger partial charge in [0.1, 0.15) is 11.4 Å². The van der Waals surface area contributed by atoms with E-state index in [2.05, 4.69) is 15.0 Å². The summed E-state index contributed by atoms with van der Waals surface area (Å²) in [4.78, 5) is 24.6. The number of halogens is 1. The third kappa shape index (κ3) is 4.27. The van der Waals surface area contributed by atoms with Crippen molar-refractivity contribution in [2.75, 3.05) is 0 Å². The van der Waals surface area contributed by atoms with Crippen LogP contribution in [0.5, 0.6) is 0 Å². The van der Waals surface area contributed by atoms with Crippen LogP contribution in [0.25, 0.3) is 22.5 Å². The molecule has 0 amide bonds. The number of ether oxygens (including phenoxy) is 1. The molecule has 0 spiro atoms. The van der Waals surface area contributed by atoms with Gasteiger partial charge in [-0.25, -0.2) is 14.2 Å². The minimum Gasteiger partial charge on any atom is -0.456 e. The minimum atomic E-state index is -0.547. The van der Waals surface area contributed by atoms with Gasteiger partial charge in [-0.3, -0.25) is 9.97 Å². The van der Waals surface area contributed by atoms with Crippen LogP contribution in [0, 0.1) is 5.82 Å². The number of carbonyl (C=O) groups excluding carboxylic acids is 1. The van der Waals surface area contributed by atoms with Crippen LogP contribution in [0.3, 0.4) is 0 Å². The van der Waals surface area contributed by atoms with Crippen molar-refractivity contribution in [1.82, 2.24) is 15.0 Å². The number of esters is 1. The number of pyridine rings is 1. The first-order valence-electron chi connectivity index (χ1n) is 8.08. The van der Waals surface area contributed by atoms with Crippen molar-refractivity contribution < 1.29 is 13.9 Å². The summed E-state index contributed by atoms with van der Waals surface area (Å²) in [6.45, 7) is 5.46. The van der Waals surface area contributed by atoms with E-state index in [1.165, 1.54) is 12.3 Å². The molecule has 3 aromatic rings. The zero-order valence-corrected chi connectivity index (χ0v) is 14.7. The van der Waals surface area contributed by atoms with Crippen molar-refractivity contribution in [1.29, 1.82) is 0 Å². The quantitative estimate of drug-likeness (QED) is 0.658. The molecule has 0 radical (unpaired) electrons. The monoisotopic (exact) mass is 351 g/mol. The van der Waals surface area contributed by atoms with Gasteiger partial charge < -0.3 is 4.74 Å². The second-order valence-corrected chi connectivity index (χ2v) is 6.76. The highest BCUT2D eigenvalue weighted by molar-refractivity contribution is 5.90. The summed E-state index contributed by atoms with van der Waals surface area (Å²) in [6.07, 6.45) is 5.83. The van der Waals surface area contributed by atoms with E-state index in [1.807, 2.05) is 20.8 Å². The molecule has 0 bridgehead atoms. The molecule has 2 heterocycles. The highest BCUT2D eigenvalue weighted by atomic mass is 19.1. The summed E-state index contributed by atoms with van der Waals surface area (Å²) in [5.41, 5.74) is 2.38. The van der Waals surface area contributed by atoms with Crippen molar-refractivity contribution >= 4 is 5.97 Å². The molecule has 3 rings (SSSR count). The van der Waals surface area contributed by atoms with Gasteiger partial charge in [-0.2, -0.15) is 0 Å². The van der Waals surface area contributed by atoms with Gasteiger partial charge in [-0.1, -0.05) is 12.1 Å². The maximum atomic E-state index is 13.4. The average molecular weight is 351 g/mol. The normalized spacial score (nSPS) is 11.2. The highest BCUT2D eigenvalue weighted by Crippen LogP contribution is 2.22. The molecule has 26 heavy (non-hydrogen) atoms. The van der Waals surface area contributed by atoms with Crippen LogP contribution < -0.4 is 0 Å². The maximum absolute atomic E-state index is 13.4. The number of aromatic nitrogens is 3. The molecule has 0 unspecified atom stereocenters.